The van der Waals surface area contributed by atoms with Crippen molar-refractivity contribution in [2.45, 2.75) is 13.0 Å². The summed E-state index contributed by atoms with van der Waals surface area (Å²) in [7, 11) is 2.00. The lowest BCUT2D eigenvalue weighted by atomic mass is 10.1. The molecule has 0 unspecified atom stereocenters. The van der Waals surface area contributed by atoms with Crippen LogP contribution in [-0.2, 0) is 13.0 Å². The van der Waals surface area contributed by atoms with Gasteiger partial charge in [-0.15, -0.1) is 0 Å². The van der Waals surface area contributed by atoms with Gasteiger partial charge in [-0.2, -0.15) is 0 Å². The molecule has 0 saturated heterocycles. The first-order chi connectivity index (χ1) is 8.81. The number of pyridine rings is 1. The summed E-state index contributed by atoms with van der Waals surface area (Å²) in [6.45, 7) is 0.910. The normalized spacial score (nSPS) is 10.3. The van der Waals surface area contributed by atoms with Gasteiger partial charge in [-0.3, -0.25) is 0 Å². The molecule has 0 aliphatic rings. The minimum atomic E-state index is 0.0266. The molecule has 0 radical (unpaired) electrons. The predicted molar refractivity (Wildman–Crippen MR) is 73.6 cm³/mol. The Hall–Kier alpha value is -1.87. The quantitative estimate of drug-likeness (QED) is 0.873. The topological polar surface area (TPSA) is 36.4 Å². The Labute approximate surface area is 108 Å². The Bertz CT molecular complexity index is 485. The van der Waals surface area contributed by atoms with Crippen molar-refractivity contribution < 1.29 is 5.11 Å². The van der Waals surface area contributed by atoms with Gasteiger partial charge in [-0.1, -0.05) is 36.4 Å². The molecule has 0 fully saturated rings. The fourth-order valence-corrected chi connectivity index (χ4v) is 1.94. The van der Waals surface area contributed by atoms with Gasteiger partial charge in [0.15, 0.2) is 0 Å². The Morgan fingerprint density at radius 2 is 1.89 bits per heavy atom. The van der Waals surface area contributed by atoms with Gasteiger partial charge in [0, 0.05) is 25.4 Å². The molecular formula is C15H18N2O. The molecule has 18 heavy (non-hydrogen) atoms. The maximum atomic E-state index is 9.29. The molecule has 0 saturated carbocycles. The van der Waals surface area contributed by atoms with Gasteiger partial charge in [0.25, 0.3) is 0 Å². The molecule has 3 heteroatoms. The number of anilines is 1. The van der Waals surface area contributed by atoms with Crippen LogP contribution in [0.25, 0.3) is 0 Å². The molecule has 1 aromatic carbocycles. The van der Waals surface area contributed by atoms with Crippen molar-refractivity contribution in [2.75, 3.05) is 18.5 Å². The first kappa shape index (κ1) is 12.6. The van der Waals surface area contributed by atoms with E-state index in [2.05, 4.69) is 34.1 Å². The van der Waals surface area contributed by atoms with Crippen LogP contribution in [0.3, 0.4) is 0 Å². The molecule has 1 heterocycles. The summed E-state index contributed by atoms with van der Waals surface area (Å²) in [4.78, 5) is 6.41. The molecule has 2 aromatic rings. The summed E-state index contributed by atoms with van der Waals surface area (Å²) in [5.74, 6) is 0.857. The Kier molecular flexibility index (Phi) is 4.31. The largest absolute Gasteiger partial charge is 0.392 e. The fourth-order valence-electron chi connectivity index (χ4n) is 1.94. The van der Waals surface area contributed by atoms with E-state index in [0.717, 1.165) is 24.3 Å². The minimum absolute atomic E-state index is 0.0266. The average molecular weight is 242 g/mol. The second-order valence-corrected chi connectivity index (χ2v) is 4.30. The van der Waals surface area contributed by atoms with Crippen LogP contribution in [-0.4, -0.2) is 23.7 Å². The third kappa shape index (κ3) is 3.08. The van der Waals surface area contributed by atoms with E-state index >= 15 is 0 Å². The number of hydrogen-bond donors (Lipinski definition) is 1. The smallest absolute Gasteiger partial charge is 0.133 e. The number of likely N-dealkylation sites (N-methyl/N-ethyl adjacent to an activating group) is 1. The molecule has 0 amide bonds. The zero-order valence-electron chi connectivity index (χ0n) is 10.6. The summed E-state index contributed by atoms with van der Waals surface area (Å²) in [5.41, 5.74) is 2.18. The zero-order chi connectivity index (χ0) is 12.8. The van der Waals surface area contributed by atoms with Crippen LogP contribution in [0, 0.1) is 0 Å². The molecule has 2 rings (SSSR count). The van der Waals surface area contributed by atoms with E-state index in [1.54, 1.807) is 6.20 Å². The SMILES string of the molecule is CN(CCc1ccccc1)c1ncccc1CO. The summed E-state index contributed by atoms with van der Waals surface area (Å²) in [6.07, 6.45) is 2.73. The number of nitrogens with zero attached hydrogens (tertiary/aromatic N) is 2. The second-order valence-electron chi connectivity index (χ2n) is 4.30. The number of hydrogen-bond acceptors (Lipinski definition) is 3. The van der Waals surface area contributed by atoms with Crippen LogP contribution in [0.2, 0.25) is 0 Å². The van der Waals surface area contributed by atoms with E-state index in [1.807, 2.05) is 25.2 Å². The highest BCUT2D eigenvalue weighted by molar-refractivity contribution is 5.45. The van der Waals surface area contributed by atoms with Crippen LogP contribution >= 0.6 is 0 Å². The maximum Gasteiger partial charge on any atom is 0.133 e. The summed E-state index contributed by atoms with van der Waals surface area (Å²) in [5, 5.41) is 9.29. The van der Waals surface area contributed by atoms with Crippen LogP contribution in [0.1, 0.15) is 11.1 Å². The Morgan fingerprint density at radius 1 is 1.11 bits per heavy atom. The van der Waals surface area contributed by atoms with E-state index < -0.39 is 0 Å². The zero-order valence-corrected chi connectivity index (χ0v) is 10.6. The highest BCUT2D eigenvalue weighted by Gasteiger charge is 2.07. The van der Waals surface area contributed by atoms with Crippen LogP contribution < -0.4 is 4.90 Å². The van der Waals surface area contributed by atoms with Crippen molar-refractivity contribution in [3.05, 3.63) is 59.8 Å². The molecule has 0 atom stereocenters. The van der Waals surface area contributed by atoms with Gasteiger partial charge >= 0.3 is 0 Å². The van der Waals surface area contributed by atoms with Crippen LogP contribution in [0.15, 0.2) is 48.7 Å². The van der Waals surface area contributed by atoms with Gasteiger partial charge < -0.3 is 10.0 Å². The highest BCUT2D eigenvalue weighted by atomic mass is 16.3. The monoisotopic (exact) mass is 242 g/mol. The lowest BCUT2D eigenvalue weighted by Crippen LogP contribution is -2.22. The molecule has 0 spiro atoms. The number of rotatable bonds is 5. The van der Waals surface area contributed by atoms with Gasteiger partial charge in [0.1, 0.15) is 5.82 Å². The second kappa shape index (κ2) is 6.17. The summed E-state index contributed by atoms with van der Waals surface area (Å²) in [6, 6.07) is 14.1. The van der Waals surface area contributed by atoms with Crippen molar-refractivity contribution in [3.63, 3.8) is 0 Å². The highest BCUT2D eigenvalue weighted by Crippen LogP contribution is 2.15. The van der Waals surface area contributed by atoms with E-state index in [4.69, 9.17) is 0 Å². The van der Waals surface area contributed by atoms with Crippen molar-refractivity contribution >= 4 is 5.82 Å². The number of aromatic nitrogens is 1. The molecule has 0 aliphatic heterocycles. The number of aliphatic hydroxyl groups is 1. The van der Waals surface area contributed by atoms with E-state index in [9.17, 15) is 5.11 Å². The van der Waals surface area contributed by atoms with Crippen molar-refractivity contribution in [2.24, 2.45) is 0 Å². The Balaban J connectivity index is 2.01. The molecule has 94 valence electrons. The third-order valence-corrected chi connectivity index (χ3v) is 2.98. The standard InChI is InChI=1S/C15H18N2O/c1-17(11-9-13-6-3-2-4-7-13)15-14(12-18)8-5-10-16-15/h2-8,10,18H,9,11-12H2,1H3. The van der Waals surface area contributed by atoms with Gasteiger partial charge in [0.2, 0.25) is 0 Å². The molecular weight excluding hydrogens is 224 g/mol. The van der Waals surface area contributed by atoms with Gasteiger partial charge in [-0.25, -0.2) is 4.98 Å². The fraction of sp³-hybridized carbons (Fsp3) is 0.267. The van der Waals surface area contributed by atoms with Crippen LogP contribution in [0.5, 0.6) is 0 Å². The van der Waals surface area contributed by atoms with Gasteiger partial charge in [-0.05, 0) is 18.1 Å². The molecule has 1 aromatic heterocycles. The molecule has 0 aliphatic carbocycles. The number of benzene rings is 1. The van der Waals surface area contributed by atoms with E-state index in [1.165, 1.54) is 5.56 Å². The van der Waals surface area contributed by atoms with Gasteiger partial charge in [0.05, 0.1) is 6.61 Å². The molecule has 0 bridgehead atoms. The molecule has 3 nitrogen and oxygen atoms in total. The van der Waals surface area contributed by atoms with Crippen molar-refractivity contribution in [1.82, 2.24) is 4.98 Å². The average Bonchev–Trinajstić information content (AvgIpc) is 2.45. The summed E-state index contributed by atoms with van der Waals surface area (Å²) < 4.78 is 0. The third-order valence-electron chi connectivity index (χ3n) is 2.98. The predicted octanol–water partition coefficient (Wildman–Crippen LogP) is 2.25. The summed E-state index contributed by atoms with van der Waals surface area (Å²) >= 11 is 0. The first-order valence-corrected chi connectivity index (χ1v) is 6.11. The van der Waals surface area contributed by atoms with Crippen molar-refractivity contribution in [3.8, 4) is 0 Å². The van der Waals surface area contributed by atoms with Crippen molar-refractivity contribution in [1.29, 1.82) is 0 Å². The minimum Gasteiger partial charge on any atom is -0.392 e. The maximum absolute atomic E-state index is 9.29. The van der Waals surface area contributed by atoms with E-state index in [-0.39, 0.29) is 6.61 Å². The Morgan fingerprint density at radius 3 is 2.61 bits per heavy atom. The van der Waals surface area contributed by atoms with Crippen LogP contribution in [0.4, 0.5) is 5.82 Å². The number of aliphatic hydroxyl groups excluding tert-OH is 1. The lowest BCUT2D eigenvalue weighted by Gasteiger charge is -2.20. The molecule has 1 N–H and O–H groups in total. The van der Waals surface area contributed by atoms with E-state index in [0.29, 0.717) is 0 Å². The lowest BCUT2D eigenvalue weighted by molar-refractivity contribution is 0.281. The first-order valence-electron chi connectivity index (χ1n) is 6.11.